The van der Waals surface area contributed by atoms with Crippen LogP contribution in [0.2, 0.25) is 0 Å². The van der Waals surface area contributed by atoms with E-state index in [0.717, 1.165) is 63.0 Å². The molecule has 0 spiro atoms. The largest absolute Gasteiger partial charge is 0.490 e. The van der Waals surface area contributed by atoms with Crippen LogP contribution in [0.3, 0.4) is 0 Å². The molecule has 4 heterocycles. The molecular weight excluding hydrogens is 534 g/mol. The minimum Gasteiger partial charge on any atom is -0.490 e. The molecule has 1 amide bonds. The van der Waals surface area contributed by atoms with Crippen LogP contribution in [0.25, 0.3) is 31.9 Å². The van der Waals surface area contributed by atoms with Gasteiger partial charge in [0.25, 0.3) is 0 Å². The van der Waals surface area contributed by atoms with Crippen LogP contribution in [0.5, 0.6) is 5.75 Å². The van der Waals surface area contributed by atoms with E-state index in [1.807, 2.05) is 18.3 Å². The molecule has 1 aliphatic heterocycles. The van der Waals surface area contributed by atoms with E-state index >= 15 is 0 Å². The van der Waals surface area contributed by atoms with Crippen LogP contribution in [-0.4, -0.2) is 69.5 Å². The zero-order valence-corrected chi connectivity index (χ0v) is 23.8. The third kappa shape index (κ3) is 6.81. The molecule has 0 bridgehead atoms. The quantitative estimate of drug-likeness (QED) is 0.205. The molecule has 4 aromatic rings. The van der Waals surface area contributed by atoms with Gasteiger partial charge in [-0.3, -0.25) is 9.78 Å². The molecule has 0 aliphatic carbocycles. The number of amides is 1. The molecule has 0 fully saturated rings. The van der Waals surface area contributed by atoms with Crippen molar-refractivity contribution in [3.63, 3.8) is 0 Å². The average molecular weight is 568 g/mol. The minimum absolute atomic E-state index is 0.00350. The number of nitrogens with one attached hydrogen (secondary N) is 3. The first kappa shape index (κ1) is 27.6. The van der Waals surface area contributed by atoms with Crippen molar-refractivity contribution in [2.75, 3.05) is 59.0 Å². The van der Waals surface area contributed by atoms with Crippen molar-refractivity contribution in [3.8, 4) is 27.4 Å². The maximum Gasteiger partial charge on any atom is 0.226 e. The van der Waals surface area contributed by atoms with Gasteiger partial charge in [0.2, 0.25) is 5.91 Å². The second-order valence-electron chi connectivity index (χ2n) is 9.13. The maximum atomic E-state index is 12.8. The highest BCUT2D eigenvalue weighted by Crippen LogP contribution is 2.45. The van der Waals surface area contributed by atoms with E-state index in [1.165, 1.54) is 10.4 Å². The van der Waals surface area contributed by atoms with Gasteiger partial charge in [0, 0.05) is 62.5 Å². The summed E-state index contributed by atoms with van der Waals surface area (Å²) in [5.74, 6) is 0.707. The fraction of sp³-hybridized carbons (Fsp3) is 0.393. The van der Waals surface area contributed by atoms with Crippen LogP contribution in [0.4, 0.5) is 5.00 Å². The highest BCUT2D eigenvalue weighted by atomic mass is 32.1. The molecule has 5 rings (SSSR count). The van der Waals surface area contributed by atoms with E-state index in [1.54, 1.807) is 43.1 Å². The lowest BCUT2D eigenvalue weighted by atomic mass is 10.0. The van der Waals surface area contributed by atoms with Gasteiger partial charge in [-0.1, -0.05) is 6.07 Å². The standard InChI is InChI=1S/C28H33N5O4S2/c1-35-10-9-29-8-6-25(34)33-28-26(21-5-7-30-17-24(21)39-28)27-32-22-4-3-18(14-23(22)38-27)19-13-20(16-31-15-19)37-12-11-36-2/h3-4,13-16,29-30H,5-12,17H2,1-2H3,(H,33,34). The van der Waals surface area contributed by atoms with Gasteiger partial charge in [0.15, 0.2) is 0 Å². The highest BCUT2D eigenvalue weighted by molar-refractivity contribution is 7.23. The summed E-state index contributed by atoms with van der Waals surface area (Å²) in [5.41, 5.74) is 5.32. The predicted molar refractivity (Wildman–Crippen MR) is 157 cm³/mol. The number of carbonyl (C=O) groups is 1. The number of anilines is 1. The Morgan fingerprint density at radius 3 is 2.82 bits per heavy atom. The molecule has 206 valence electrons. The number of pyridine rings is 1. The van der Waals surface area contributed by atoms with Gasteiger partial charge < -0.3 is 30.2 Å². The number of ether oxygens (including phenoxy) is 3. The molecule has 1 aliphatic rings. The molecule has 39 heavy (non-hydrogen) atoms. The molecular formula is C28H33N5O4S2. The lowest BCUT2D eigenvalue weighted by Gasteiger charge is -2.13. The monoisotopic (exact) mass is 567 g/mol. The smallest absolute Gasteiger partial charge is 0.226 e. The van der Waals surface area contributed by atoms with Gasteiger partial charge in [-0.2, -0.15) is 0 Å². The van der Waals surface area contributed by atoms with Gasteiger partial charge in [-0.05, 0) is 42.3 Å². The highest BCUT2D eigenvalue weighted by Gasteiger charge is 2.25. The van der Waals surface area contributed by atoms with Crippen LogP contribution in [0.1, 0.15) is 16.9 Å². The van der Waals surface area contributed by atoms with Crippen molar-refractivity contribution in [1.82, 2.24) is 20.6 Å². The first-order valence-electron chi connectivity index (χ1n) is 13.0. The topological polar surface area (TPSA) is 107 Å². The van der Waals surface area contributed by atoms with E-state index in [2.05, 4.69) is 33.1 Å². The summed E-state index contributed by atoms with van der Waals surface area (Å²) in [6.07, 6.45) is 4.86. The molecule has 3 N–H and O–H groups in total. The lowest BCUT2D eigenvalue weighted by molar-refractivity contribution is -0.116. The first-order chi connectivity index (χ1) is 19.2. The summed E-state index contributed by atoms with van der Waals surface area (Å²) in [5, 5.41) is 11.7. The number of carbonyl (C=O) groups excluding carboxylic acids is 1. The van der Waals surface area contributed by atoms with Gasteiger partial charge >= 0.3 is 0 Å². The van der Waals surface area contributed by atoms with Crippen molar-refractivity contribution >= 4 is 43.8 Å². The third-order valence-electron chi connectivity index (χ3n) is 6.40. The molecule has 9 nitrogen and oxygen atoms in total. The third-order valence-corrected chi connectivity index (χ3v) is 8.58. The van der Waals surface area contributed by atoms with Crippen molar-refractivity contribution in [1.29, 1.82) is 0 Å². The summed E-state index contributed by atoms with van der Waals surface area (Å²) < 4.78 is 16.9. The van der Waals surface area contributed by atoms with Crippen molar-refractivity contribution < 1.29 is 19.0 Å². The number of thiophene rings is 1. The number of hydrogen-bond donors (Lipinski definition) is 3. The fourth-order valence-corrected chi connectivity index (χ4v) is 6.83. The van der Waals surface area contributed by atoms with Crippen LogP contribution >= 0.6 is 22.7 Å². The van der Waals surface area contributed by atoms with Crippen molar-refractivity contribution in [2.45, 2.75) is 19.4 Å². The van der Waals surface area contributed by atoms with Crippen LogP contribution in [-0.2, 0) is 27.2 Å². The van der Waals surface area contributed by atoms with Crippen LogP contribution < -0.4 is 20.7 Å². The number of nitrogens with zero attached hydrogens (tertiary/aromatic N) is 2. The lowest BCUT2D eigenvalue weighted by Crippen LogP contribution is -2.24. The van der Waals surface area contributed by atoms with Crippen LogP contribution in [0, 0.1) is 0 Å². The zero-order valence-electron chi connectivity index (χ0n) is 22.2. The van der Waals surface area contributed by atoms with Gasteiger partial charge in [-0.15, -0.1) is 22.7 Å². The summed E-state index contributed by atoms with van der Waals surface area (Å²) in [6.45, 7) is 4.68. The van der Waals surface area contributed by atoms with Crippen molar-refractivity contribution in [2.24, 2.45) is 0 Å². The second-order valence-corrected chi connectivity index (χ2v) is 11.3. The zero-order chi connectivity index (χ0) is 27.0. The Morgan fingerprint density at radius 2 is 1.95 bits per heavy atom. The Balaban J connectivity index is 1.39. The number of fused-ring (bicyclic) bond motifs is 2. The van der Waals surface area contributed by atoms with Crippen LogP contribution in [0.15, 0.2) is 36.7 Å². The Kier molecular flexibility index (Phi) is 9.51. The number of thiazole rings is 1. The molecule has 0 unspecified atom stereocenters. The van der Waals surface area contributed by atoms with E-state index < -0.39 is 0 Å². The first-order valence-corrected chi connectivity index (χ1v) is 14.6. The summed E-state index contributed by atoms with van der Waals surface area (Å²) in [4.78, 5) is 23.4. The number of rotatable bonds is 13. The average Bonchev–Trinajstić information content (AvgIpc) is 3.53. The molecule has 3 aromatic heterocycles. The van der Waals surface area contributed by atoms with Gasteiger partial charge in [-0.25, -0.2) is 4.98 Å². The van der Waals surface area contributed by atoms with E-state index in [4.69, 9.17) is 19.2 Å². The van der Waals surface area contributed by atoms with E-state index in [0.29, 0.717) is 38.5 Å². The van der Waals surface area contributed by atoms with Gasteiger partial charge in [0.05, 0.1) is 29.6 Å². The molecule has 0 saturated heterocycles. The molecule has 0 radical (unpaired) electrons. The SMILES string of the molecule is COCCNCCC(=O)Nc1sc2c(c1-c1nc3ccc(-c4cncc(OCCOC)c4)cc3s1)CCNC2. The summed E-state index contributed by atoms with van der Waals surface area (Å²) in [6, 6.07) is 8.25. The minimum atomic E-state index is -0.00350. The van der Waals surface area contributed by atoms with Gasteiger partial charge in [0.1, 0.15) is 22.4 Å². The Labute approximate surface area is 235 Å². The Hall–Kier alpha value is -2.93. The number of benzene rings is 1. The molecule has 11 heteroatoms. The van der Waals surface area contributed by atoms with E-state index in [9.17, 15) is 4.79 Å². The van der Waals surface area contributed by atoms with E-state index in [-0.39, 0.29) is 5.91 Å². The number of hydrogen-bond acceptors (Lipinski definition) is 10. The normalized spacial score (nSPS) is 13.0. The summed E-state index contributed by atoms with van der Waals surface area (Å²) in [7, 11) is 3.32. The molecule has 0 saturated carbocycles. The Bertz CT molecular complexity index is 1420. The summed E-state index contributed by atoms with van der Waals surface area (Å²) >= 11 is 3.31. The number of aromatic nitrogens is 2. The second kappa shape index (κ2) is 13.4. The van der Waals surface area contributed by atoms with Crippen molar-refractivity contribution in [3.05, 3.63) is 47.1 Å². The molecule has 1 aromatic carbocycles. The maximum absolute atomic E-state index is 12.8. The number of methoxy groups -OCH3 is 2. The molecule has 0 atom stereocenters. The Morgan fingerprint density at radius 1 is 1.05 bits per heavy atom. The predicted octanol–water partition coefficient (Wildman–Crippen LogP) is 4.32. The fourth-order valence-electron chi connectivity index (χ4n) is 4.45.